The molecule has 0 aliphatic heterocycles. The quantitative estimate of drug-likeness (QED) is 0.450. The van der Waals surface area contributed by atoms with E-state index in [-0.39, 0.29) is 18.3 Å². The third kappa shape index (κ3) is 5.15. The molecule has 152 valence electrons. The molecule has 1 amide bonds. The predicted molar refractivity (Wildman–Crippen MR) is 122 cm³/mol. The molecular formula is C19H23Cl2N3O2S2. The van der Waals surface area contributed by atoms with Gasteiger partial charge < -0.3 is 9.64 Å². The Kier molecular flexibility index (Phi) is 8.52. The zero-order valence-corrected chi connectivity index (χ0v) is 19.2. The Bertz CT molecular complexity index is 925. The number of thiazole rings is 1. The first-order valence-electron chi connectivity index (χ1n) is 8.79. The van der Waals surface area contributed by atoms with Gasteiger partial charge in [-0.25, -0.2) is 4.98 Å². The smallest absolute Gasteiger partial charge is 0.270 e. The molecule has 28 heavy (non-hydrogen) atoms. The molecule has 3 aromatic rings. The van der Waals surface area contributed by atoms with Crippen molar-refractivity contribution in [3.05, 3.63) is 39.5 Å². The molecule has 0 saturated heterocycles. The van der Waals surface area contributed by atoms with Gasteiger partial charge in [0.1, 0.15) is 5.75 Å². The summed E-state index contributed by atoms with van der Waals surface area (Å²) in [4.78, 5) is 22.5. The van der Waals surface area contributed by atoms with Gasteiger partial charge in [-0.15, -0.1) is 23.7 Å². The summed E-state index contributed by atoms with van der Waals surface area (Å²) in [6, 6.07) is 9.28. The molecule has 0 aliphatic rings. The number of aromatic nitrogens is 1. The summed E-state index contributed by atoms with van der Waals surface area (Å²) in [5, 5.41) is 0.694. The van der Waals surface area contributed by atoms with E-state index in [1.54, 1.807) is 24.1 Å². The average molecular weight is 460 g/mol. The minimum atomic E-state index is -0.0647. The second-order valence-electron chi connectivity index (χ2n) is 5.92. The maximum Gasteiger partial charge on any atom is 0.270 e. The predicted octanol–water partition coefficient (Wildman–Crippen LogP) is 5.43. The van der Waals surface area contributed by atoms with Crippen LogP contribution in [-0.2, 0) is 0 Å². The van der Waals surface area contributed by atoms with Crippen LogP contribution >= 0.6 is 46.7 Å². The third-order valence-corrected chi connectivity index (χ3v) is 6.64. The number of hydrogen-bond acceptors (Lipinski definition) is 6. The molecule has 9 heteroatoms. The van der Waals surface area contributed by atoms with Crippen LogP contribution in [0.4, 0.5) is 5.13 Å². The van der Waals surface area contributed by atoms with Crippen LogP contribution in [0.3, 0.4) is 0 Å². The van der Waals surface area contributed by atoms with E-state index in [4.69, 9.17) is 21.3 Å². The number of likely N-dealkylation sites (N-methyl/N-ethyl adjacent to an activating group) is 1. The Labute approximate surface area is 184 Å². The van der Waals surface area contributed by atoms with Crippen molar-refractivity contribution in [1.29, 1.82) is 0 Å². The largest absolute Gasteiger partial charge is 0.497 e. The number of ether oxygens (including phenoxy) is 1. The molecule has 2 heterocycles. The minimum Gasteiger partial charge on any atom is -0.497 e. The molecule has 0 unspecified atom stereocenters. The number of carbonyl (C=O) groups is 1. The lowest BCUT2D eigenvalue weighted by molar-refractivity contribution is 0.0987. The zero-order chi connectivity index (χ0) is 19.4. The summed E-state index contributed by atoms with van der Waals surface area (Å²) < 4.78 is 6.90. The molecule has 0 aliphatic carbocycles. The fourth-order valence-electron chi connectivity index (χ4n) is 2.76. The zero-order valence-electron chi connectivity index (χ0n) is 16.0. The van der Waals surface area contributed by atoms with Crippen molar-refractivity contribution in [2.24, 2.45) is 0 Å². The number of anilines is 1. The standard InChI is InChI=1S/C19H22ClN3O2S2.ClH/c1-4-22(5-2)10-11-23(18(24)15-8-9-17(20)26-15)19-21-14-7-6-13(25-3)12-16(14)27-19;/h6-9,12H,4-5,10-11H2,1-3H3;1H. The van der Waals surface area contributed by atoms with E-state index in [1.165, 1.54) is 22.7 Å². The highest BCUT2D eigenvalue weighted by molar-refractivity contribution is 7.22. The average Bonchev–Trinajstić information content (AvgIpc) is 3.30. The summed E-state index contributed by atoms with van der Waals surface area (Å²) in [6.07, 6.45) is 0. The van der Waals surface area contributed by atoms with Crippen molar-refractivity contribution in [3.8, 4) is 5.75 Å². The van der Waals surface area contributed by atoms with Crippen molar-refractivity contribution in [3.63, 3.8) is 0 Å². The molecule has 2 aromatic heterocycles. The summed E-state index contributed by atoms with van der Waals surface area (Å²) >= 11 is 8.83. The van der Waals surface area contributed by atoms with Crippen molar-refractivity contribution in [2.75, 3.05) is 38.2 Å². The van der Waals surface area contributed by atoms with Crippen molar-refractivity contribution < 1.29 is 9.53 Å². The van der Waals surface area contributed by atoms with Crippen LogP contribution in [0, 0.1) is 0 Å². The second kappa shape index (κ2) is 10.4. The van der Waals surface area contributed by atoms with Crippen LogP contribution in [0.5, 0.6) is 5.75 Å². The van der Waals surface area contributed by atoms with Gasteiger partial charge >= 0.3 is 0 Å². The van der Waals surface area contributed by atoms with Gasteiger partial charge in [-0.3, -0.25) is 9.69 Å². The molecule has 5 nitrogen and oxygen atoms in total. The van der Waals surface area contributed by atoms with Crippen LogP contribution in [-0.4, -0.2) is 49.1 Å². The SMILES string of the molecule is CCN(CC)CCN(C(=O)c1ccc(Cl)s1)c1nc2ccc(OC)cc2s1.Cl. The van der Waals surface area contributed by atoms with E-state index < -0.39 is 0 Å². The van der Waals surface area contributed by atoms with Gasteiger partial charge in [0.2, 0.25) is 0 Å². The monoisotopic (exact) mass is 459 g/mol. The van der Waals surface area contributed by atoms with E-state index >= 15 is 0 Å². The number of nitrogens with zero attached hydrogens (tertiary/aromatic N) is 3. The van der Waals surface area contributed by atoms with Gasteiger partial charge in [-0.1, -0.05) is 36.8 Å². The molecule has 0 saturated carbocycles. The maximum absolute atomic E-state index is 13.1. The van der Waals surface area contributed by atoms with Crippen LogP contribution in [0.2, 0.25) is 4.34 Å². The van der Waals surface area contributed by atoms with Gasteiger partial charge in [0, 0.05) is 13.1 Å². The molecule has 1 aromatic carbocycles. The lowest BCUT2D eigenvalue weighted by Crippen LogP contribution is -2.38. The highest BCUT2D eigenvalue weighted by Crippen LogP contribution is 2.33. The first kappa shape index (κ1) is 22.9. The van der Waals surface area contributed by atoms with Gasteiger partial charge in [0.25, 0.3) is 5.91 Å². The number of carbonyl (C=O) groups excluding carboxylic acids is 1. The highest BCUT2D eigenvalue weighted by Gasteiger charge is 2.23. The molecule has 3 rings (SSSR count). The van der Waals surface area contributed by atoms with Crippen LogP contribution in [0.15, 0.2) is 30.3 Å². The molecule has 0 fully saturated rings. The maximum atomic E-state index is 13.1. The van der Waals surface area contributed by atoms with E-state index in [9.17, 15) is 4.79 Å². The van der Waals surface area contributed by atoms with Crippen molar-refractivity contribution >= 4 is 67.9 Å². The lowest BCUT2D eigenvalue weighted by Gasteiger charge is -2.24. The van der Waals surface area contributed by atoms with E-state index in [2.05, 4.69) is 18.7 Å². The Balaban J connectivity index is 0.00000280. The fraction of sp³-hybridized carbons (Fsp3) is 0.368. The van der Waals surface area contributed by atoms with Crippen molar-refractivity contribution in [2.45, 2.75) is 13.8 Å². The highest BCUT2D eigenvalue weighted by atomic mass is 35.5. The Morgan fingerprint density at radius 2 is 1.89 bits per heavy atom. The van der Waals surface area contributed by atoms with Crippen LogP contribution in [0.25, 0.3) is 10.2 Å². The number of halogens is 2. The lowest BCUT2D eigenvalue weighted by atomic mass is 10.3. The van der Waals surface area contributed by atoms with E-state index in [1.807, 2.05) is 18.2 Å². The molecule has 0 atom stereocenters. The van der Waals surface area contributed by atoms with Gasteiger partial charge in [-0.05, 0) is 43.4 Å². The van der Waals surface area contributed by atoms with Gasteiger partial charge in [0.15, 0.2) is 5.13 Å². The first-order valence-corrected chi connectivity index (χ1v) is 10.8. The van der Waals surface area contributed by atoms with Gasteiger partial charge in [0.05, 0.1) is 26.5 Å². The third-order valence-electron chi connectivity index (χ3n) is 4.38. The topological polar surface area (TPSA) is 45.7 Å². The number of thiophene rings is 1. The summed E-state index contributed by atoms with van der Waals surface area (Å²) in [5.74, 6) is 0.717. The normalized spacial score (nSPS) is 10.9. The number of rotatable bonds is 8. The number of amides is 1. The second-order valence-corrected chi connectivity index (χ2v) is 8.64. The number of fused-ring (bicyclic) bond motifs is 1. The Morgan fingerprint density at radius 3 is 2.50 bits per heavy atom. The van der Waals surface area contributed by atoms with E-state index in [0.717, 1.165) is 35.6 Å². The summed E-state index contributed by atoms with van der Waals surface area (Å²) in [5.41, 5.74) is 0.862. The molecule has 0 radical (unpaired) electrons. The Hall–Kier alpha value is -1.38. The van der Waals surface area contributed by atoms with Crippen LogP contribution in [0.1, 0.15) is 23.5 Å². The Morgan fingerprint density at radius 1 is 1.14 bits per heavy atom. The molecule has 0 bridgehead atoms. The molecular weight excluding hydrogens is 437 g/mol. The fourth-order valence-corrected chi connectivity index (χ4v) is 4.77. The number of hydrogen-bond donors (Lipinski definition) is 0. The molecule has 0 spiro atoms. The molecule has 0 N–H and O–H groups in total. The van der Waals surface area contributed by atoms with Crippen molar-refractivity contribution in [1.82, 2.24) is 9.88 Å². The number of methoxy groups -OCH3 is 1. The van der Waals surface area contributed by atoms with Gasteiger partial charge in [-0.2, -0.15) is 0 Å². The first-order chi connectivity index (χ1) is 13.0. The van der Waals surface area contributed by atoms with E-state index in [0.29, 0.717) is 20.9 Å². The summed E-state index contributed by atoms with van der Waals surface area (Å²) in [6.45, 7) is 7.50. The summed E-state index contributed by atoms with van der Waals surface area (Å²) in [7, 11) is 1.64. The number of benzene rings is 1. The minimum absolute atomic E-state index is 0. The van der Waals surface area contributed by atoms with Crippen LogP contribution < -0.4 is 9.64 Å².